The molecule has 2 fully saturated rings. The molecular weight excluding hydrogens is 242 g/mol. The van der Waals surface area contributed by atoms with E-state index in [1.165, 1.54) is 6.42 Å². The lowest BCUT2D eigenvalue weighted by Crippen LogP contribution is -2.50. The quantitative estimate of drug-likeness (QED) is 0.819. The number of carbonyl (C=O) groups excluding carboxylic acids is 1. The van der Waals surface area contributed by atoms with Crippen LogP contribution in [0.2, 0.25) is 0 Å². The van der Waals surface area contributed by atoms with E-state index < -0.39 is 0 Å². The normalized spacial score (nSPS) is 28.2. The zero-order valence-electron chi connectivity index (χ0n) is 11.7. The van der Waals surface area contributed by atoms with Crippen molar-refractivity contribution in [3.63, 3.8) is 0 Å². The summed E-state index contributed by atoms with van der Waals surface area (Å²) in [6.45, 7) is 5.54. The minimum atomic E-state index is -0.182. The number of nitrogens with zero attached hydrogens (tertiary/aromatic N) is 3. The minimum Gasteiger partial charge on any atom is -0.341 e. The van der Waals surface area contributed by atoms with Gasteiger partial charge in [-0.05, 0) is 39.5 Å². The molecule has 19 heavy (non-hydrogen) atoms. The third kappa shape index (κ3) is 2.26. The second kappa shape index (κ2) is 4.62. The van der Waals surface area contributed by atoms with Gasteiger partial charge in [-0.3, -0.25) is 4.79 Å². The Morgan fingerprint density at radius 2 is 2.21 bits per heavy atom. The molecule has 1 aliphatic heterocycles. The van der Waals surface area contributed by atoms with Gasteiger partial charge >= 0.3 is 0 Å². The molecule has 2 aliphatic rings. The Balaban J connectivity index is 1.75. The van der Waals surface area contributed by atoms with E-state index in [2.05, 4.69) is 17.1 Å². The first-order chi connectivity index (χ1) is 9.08. The second-order valence-corrected chi connectivity index (χ2v) is 6.20. The zero-order valence-corrected chi connectivity index (χ0v) is 11.7. The van der Waals surface area contributed by atoms with Crippen LogP contribution in [-0.2, 0) is 10.2 Å². The van der Waals surface area contributed by atoms with Crippen LogP contribution < -0.4 is 0 Å². The van der Waals surface area contributed by atoms with Crippen molar-refractivity contribution in [1.82, 2.24) is 15.0 Å². The number of piperidine rings is 1. The fraction of sp³-hybridized carbons (Fsp3) is 0.786. The topological polar surface area (TPSA) is 59.2 Å². The van der Waals surface area contributed by atoms with Gasteiger partial charge in [0, 0.05) is 19.0 Å². The average Bonchev–Trinajstić information content (AvgIpc) is 2.74. The number of hydrogen-bond donors (Lipinski definition) is 0. The lowest BCUT2D eigenvalue weighted by atomic mass is 9.79. The predicted molar refractivity (Wildman–Crippen MR) is 69.5 cm³/mol. The van der Waals surface area contributed by atoms with Crippen molar-refractivity contribution < 1.29 is 9.32 Å². The number of hydrogen-bond acceptors (Lipinski definition) is 4. The first kappa shape index (κ1) is 12.6. The molecule has 1 atom stereocenters. The Kier molecular flexibility index (Phi) is 3.07. The molecule has 2 heterocycles. The molecule has 0 aromatic carbocycles. The summed E-state index contributed by atoms with van der Waals surface area (Å²) in [7, 11) is 0. The molecule has 1 saturated heterocycles. The van der Waals surface area contributed by atoms with Crippen LogP contribution in [0.3, 0.4) is 0 Å². The molecule has 5 nitrogen and oxygen atoms in total. The molecule has 1 saturated carbocycles. The van der Waals surface area contributed by atoms with Crippen LogP contribution in [0.5, 0.6) is 0 Å². The van der Waals surface area contributed by atoms with Gasteiger partial charge in [-0.2, -0.15) is 4.98 Å². The van der Waals surface area contributed by atoms with E-state index in [1.54, 1.807) is 0 Å². The highest BCUT2D eigenvalue weighted by Gasteiger charge is 2.41. The number of aromatic nitrogens is 2. The van der Waals surface area contributed by atoms with Crippen molar-refractivity contribution in [1.29, 1.82) is 0 Å². The molecule has 0 unspecified atom stereocenters. The summed E-state index contributed by atoms with van der Waals surface area (Å²) >= 11 is 0. The van der Waals surface area contributed by atoms with Crippen molar-refractivity contribution in [2.75, 3.05) is 13.1 Å². The van der Waals surface area contributed by atoms with Gasteiger partial charge in [-0.1, -0.05) is 11.6 Å². The first-order valence-corrected chi connectivity index (χ1v) is 7.18. The van der Waals surface area contributed by atoms with Crippen LogP contribution >= 0.6 is 0 Å². The van der Waals surface area contributed by atoms with Gasteiger partial charge in [0.1, 0.15) is 0 Å². The van der Waals surface area contributed by atoms with Gasteiger partial charge in [0.25, 0.3) is 0 Å². The monoisotopic (exact) mass is 263 g/mol. The fourth-order valence-electron chi connectivity index (χ4n) is 3.06. The maximum Gasteiger partial charge on any atom is 0.234 e. The van der Waals surface area contributed by atoms with Crippen molar-refractivity contribution in [3.8, 4) is 0 Å². The van der Waals surface area contributed by atoms with Crippen molar-refractivity contribution in [2.24, 2.45) is 5.92 Å². The lowest BCUT2D eigenvalue weighted by Gasteiger charge is -2.40. The second-order valence-electron chi connectivity index (χ2n) is 6.20. The van der Waals surface area contributed by atoms with Crippen LogP contribution in [0.4, 0.5) is 0 Å². The van der Waals surface area contributed by atoms with E-state index >= 15 is 0 Å². The molecule has 5 heteroatoms. The maximum absolute atomic E-state index is 12.4. The molecule has 3 rings (SSSR count). The third-order valence-corrected chi connectivity index (χ3v) is 4.51. The van der Waals surface area contributed by atoms with E-state index in [0.717, 1.165) is 32.2 Å². The Hall–Kier alpha value is -1.39. The van der Waals surface area contributed by atoms with E-state index in [9.17, 15) is 4.79 Å². The van der Waals surface area contributed by atoms with Crippen LogP contribution in [0.1, 0.15) is 50.7 Å². The highest BCUT2D eigenvalue weighted by Crippen LogP contribution is 2.35. The van der Waals surface area contributed by atoms with Crippen LogP contribution in [0, 0.1) is 12.8 Å². The molecule has 1 aromatic rings. The standard InChI is InChI=1S/C14H21N3O2/c1-10-15-13(19-16-10)14(2)7-4-8-17(9-14)12(18)11-5-3-6-11/h11H,3-9H2,1-2H3/t14-/m0/s1. The molecule has 0 radical (unpaired) electrons. The molecule has 0 bridgehead atoms. The van der Waals surface area contributed by atoms with E-state index in [1.807, 2.05) is 11.8 Å². The van der Waals surface area contributed by atoms with Gasteiger partial charge < -0.3 is 9.42 Å². The van der Waals surface area contributed by atoms with Gasteiger partial charge in [0.15, 0.2) is 5.82 Å². The summed E-state index contributed by atoms with van der Waals surface area (Å²) in [5.74, 6) is 1.94. The van der Waals surface area contributed by atoms with Crippen molar-refractivity contribution >= 4 is 5.91 Å². The molecular formula is C14H21N3O2. The third-order valence-electron chi connectivity index (χ3n) is 4.51. The van der Waals surface area contributed by atoms with Crippen molar-refractivity contribution in [3.05, 3.63) is 11.7 Å². The number of likely N-dealkylation sites (tertiary alicyclic amines) is 1. The highest BCUT2D eigenvalue weighted by atomic mass is 16.5. The molecule has 0 N–H and O–H groups in total. The fourth-order valence-corrected chi connectivity index (χ4v) is 3.06. The summed E-state index contributed by atoms with van der Waals surface area (Å²) in [6.07, 6.45) is 5.33. The van der Waals surface area contributed by atoms with E-state index in [4.69, 9.17) is 4.52 Å². The SMILES string of the molecule is Cc1noc([C@@]2(C)CCCN(C(=O)C3CCC3)C2)n1. The van der Waals surface area contributed by atoms with Gasteiger partial charge in [-0.25, -0.2) is 0 Å². The minimum absolute atomic E-state index is 0.182. The summed E-state index contributed by atoms with van der Waals surface area (Å²) in [4.78, 5) is 18.7. The molecule has 1 aromatic heterocycles. The summed E-state index contributed by atoms with van der Waals surface area (Å²) in [5, 5.41) is 3.88. The maximum atomic E-state index is 12.4. The van der Waals surface area contributed by atoms with Gasteiger partial charge in [-0.15, -0.1) is 0 Å². The van der Waals surface area contributed by atoms with E-state index in [0.29, 0.717) is 24.2 Å². The number of amides is 1. The first-order valence-electron chi connectivity index (χ1n) is 7.18. The lowest BCUT2D eigenvalue weighted by molar-refractivity contribution is -0.140. The Labute approximate surface area is 113 Å². The summed E-state index contributed by atoms with van der Waals surface area (Å²) in [6, 6.07) is 0. The van der Waals surface area contributed by atoms with Crippen LogP contribution in [0.25, 0.3) is 0 Å². The summed E-state index contributed by atoms with van der Waals surface area (Å²) in [5.41, 5.74) is -0.182. The smallest absolute Gasteiger partial charge is 0.234 e. The van der Waals surface area contributed by atoms with Gasteiger partial charge in [0.05, 0.1) is 5.41 Å². The van der Waals surface area contributed by atoms with Gasteiger partial charge in [0.2, 0.25) is 11.8 Å². The van der Waals surface area contributed by atoms with Crippen LogP contribution in [0.15, 0.2) is 4.52 Å². The number of carbonyl (C=O) groups is 1. The number of aryl methyl sites for hydroxylation is 1. The highest BCUT2D eigenvalue weighted by molar-refractivity contribution is 5.79. The summed E-state index contributed by atoms with van der Waals surface area (Å²) < 4.78 is 5.34. The van der Waals surface area contributed by atoms with Crippen LogP contribution in [-0.4, -0.2) is 34.0 Å². The zero-order chi connectivity index (χ0) is 13.5. The molecule has 104 valence electrons. The Morgan fingerprint density at radius 1 is 1.42 bits per heavy atom. The number of rotatable bonds is 2. The van der Waals surface area contributed by atoms with Crippen molar-refractivity contribution in [2.45, 2.75) is 51.4 Å². The largest absolute Gasteiger partial charge is 0.341 e. The Morgan fingerprint density at radius 3 is 2.79 bits per heavy atom. The molecule has 1 aliphatic carbocycles. The predicted octanol–water partition coefficient (Wildman–Crippen LogP) is 2.06. The molecule has 1 amide bonds. The average molecular weight is 263 g/mol. The van der Waals surface area contributed by atoms with E-state index in [-0.39, 0.29) is 11.3 Å². The Bertz CT molecular complexity index is 481. The molecule has 0 spiro atoms.